The second kappa shape index (κ2) is 11.9. The Morgan fingerprint density at radius 3 is 1.59 bits per heavy atom. The highest BCUT2D eigenvalue weighted by atomic mass is 35.5. The summed E-state index contributed by atoms with van der Waals surface area (Å²) in [6, 6.07) is 44.3. The van der Waals surface area contributed by atoms with Gasteiger partial charge in [0.1, 0.15) is 0 Å². The summed E-state index contributed by atoms with van der Waals surface area (Å²) in [4.78, 5) is 12.4. The van der Waals surface area contributed by atoms with Crippen LogP contribution in [0.3, 0.4) is 0 Å². The summed E-state index contributed by atoms with van der Waals surface area (Å²) in [5.74, 6) is 0.0365. The summed E-state index contributed by atoms with van der Waals surface area (Å²) in [6.45, 7) is 2.61. The highest BCUT2D eigenvalue weighted by Gasteiger charge is 2.43. The summed E-state index contributed by atoms with van der Waals surface area (Å²) < 4.78 is 5.75. The van der Waals surface area contributed by atoms with E-state index in [1.54, 1.807) is 0 Å². The van der Waals surface area contributed by atoms with Gasteiger partial charge in [-0.25, -0.2) is 0 Å². The lowest BCUT2D eigenvalue weighted by Crippen LogP contribution is -2.28. The number of hydrogen-bond donors (Lipinski definition) is 0. The van der Waals surface area contributed by atoms with Crippen molar-refractivity contribution < 1.29 is 9.53 Å². The van der Waals surface area contributed by atoms with Crippen molar-refractivity contribution in [3.05, 3.63) is 132 Å². The average molecular weight is 595 g/mol. The van der Waals surface area contributed by atoms with Gasteiger partial charge in [0.2, 0.25) is 0 Å². The molecule has 0 saturated carbocycles. The van der Waals surface area contributed by atoms with Crippen LogP contribution >= 0.6 is 11.6 Å². The van der Waals surface area contributed by atoms with Crippen LogP contribution in [0.4, 0.5) is 0 Å². The molecule has 6 aromatic carbocycles. The van der Waals surface area contributed by atoms with Crippen molar-refractivity contribution >= 4 is 39.1 Å². The maximum Gasteiger partial charge on any atom is 0.306 e. The van der Waals surface area contributed by atoms with Crippen LogP contribution in [0.15, 0.2) is 121 Å². The van der Waals surface area contributed by atoms with Gasteiger partial charge in [0.05, 0.1) is 13.0 Å². The molecule has 0 bridgehead atoms. The Kier molecular flexibility index (Phi) is 7.70. The van der Waals surface area contributed by atoms with Crippen LogP contribution in [0.1, 0.15) is 43.7 Å². The third-order valence-corrected chi connectivity index (χ3v) is 9.48. The fourth-order valence-corrected chi connectivity index (χ4v) is 7.33. The van der Waals surface area contributed by atoms with E-state index < -0.39 is 0 Å². The number of rotatable bonds is 9. The molecule has 7 rings (SSSR count). The van der Waals surface area contributed by atoms with Crippen molar-refractivity contribution in [2.45, 2.75) is 38.0 Å². The summed E-state index contributed by atoms with van der Waals surface area (Å²) in [7, 11) is 0. The Morgan fingerprint density at radius 2 is 1.09 bits per heavy atom. The normalized spacial score (nSPS) is 13.1. The van der Waals surface area contributed by atoms with E-state index in [0.29, 0.717) is 6.61 Å². The van der Waals surface area contributed by atoms with Crippen LogP contribution in [0.25, 0.3) is 54.9 Å². The van der Waals surface area contributed by atoms with Gasteiger partial charge in [-0.05, 0) is 103 Å². The zero-order valence-corrected chi connectivity index (χ0v) is 25.7. The first-order valence-corrected chi connectivity index (χ1v) is 16.1. The molecule has 0 spiro atoms. The SMILES string of the molecule is CCCC1(CCOC(=O)CCCl)c2cc(-c3ccc4ccccc4c3)ccc2-c2ccc(-c3ccc4ccccc4c3)cc21. The van der Waals surface area contributed by atoms with Crippen LogP contribution in [0.5, 0.6) is 0 Å². The molecule has 0 aliphatic heterocycles. The van der Waals surface area contributed by atoms with E-state index in [1.807, 2.05) is 0 Å². The predicted octanol–water partition coefficient (Wildman–Crippen LogP) is 11.0. The van der Waals surface area contributed by atoms with E-state index in [2.05, 4.69) is 128 Å². The number of hydrogen-bond acceptors (Lipinski definition) is 2. The van der Waals surface area contributed by atoms with Crippen molar-refractivity contribution in [3.63, 3.8) is 0 Å². The van der Waals surface area contributed by atoms with Crippen molar-refractivity contribution in [3.8, 4) is 33.4 Å². The molecule has 0 heterocycles. The van der Waals surface area contributed by atoms with Crippen LogP contribution in [-0.4, -0.2) is 18.5 Å². The summed E-state index contributed by atoms with van der Waals surface area (Å²) in [6.07, 6.45) is 2.92. The van der Waals surface area contributed by atoms with E-state index in [1.165, 1.54) is 66.1 Å². The molecule has 0 aromatic heterocycles. The van der Waals surface area contributed by atoms with Crippen LogP contribution < -0.4 is 0 Å². The topological polar surface area (TPSA) is 26.3 Å². The maximum atomic E-state index is 12.4. The summed E-state index contributed by atoms with van der Waals surface area (Å²) >= 11 is 5.84. The molecule has 1 aliphatic carbocycles. The minimum absolute atomic E-state index is 0.230. The van der Waals surface area contributed by atoms with Crippen molar-refractivity contribution in [2.24, 2.45) is 0 Å². The highest BCUT2D eigenvalue weighted by molar-refractivity contribution is 6.18. The van der Waals surface area contributed by atoms with Gasteiger partial charge in [-0.15, -0.1) is 11.6 Å². The molecule has 44 heavy (non-hydrogen) atoms. The minimum atomic E-state index is -0.277. The molecular weight excluding hydrogens is 560 g/mol. The lowest BCUT2D eigenvalue weighted by molar-refractivity contribution is -0.143. The number of benzene rings is 6. The number of carbonyl (C=O) groups excluding carboxylic acids is 1. The van der Waals surface area contributed by atoms with Gasteiger partial charge in [0.25, 0.3) is 0 Å². The number of ether oxygens (including phenoxy) is 1. The lowest BCUT2D eigenvalue weighted by Gasteiger charge is -2.32. The smallest absolute Gasteiger partial charge is 0.306 e. The maximum absolute atomic E-state index is 12.4. The minimum Gasteiger partial charge on any atom is -0.466 e. The Balaban J connectivity index is 1.36. The second-order valence-electron chi connectivity index (χ2n) is 11.9. The molecule has 0 atom stereocenters. The molecule has 1 aliphatic rings. The van der Waals surface area contributed by atoms with Crippen LogP contribution in [0, 0.1) is 0 Å². The first-order valence-electron chi connectivity index (χ1n) is 15.6. The number of halogens is 1. The molecule has 3 heteroatoms. The van der Waals surface area contributed by atoms with E-state index in [0.717, 1.165) is 19.3 Å². The van der Waals surface area contributed by atoms with Crippen molar-refractivity contribution in [1.82, 2.24) is 0 Å². The number of alkyl halides is 1. The third-order valence-electron chi connectivity index (χ3n) is 9.29. The molecule has 0 unspecified atom stereocenters. The van der Waals surface area contributed by atoms with E-state index in [-0.39, 0.29) is 23.7 Å². The zero-order valence-electron chi connectivity index (χ0n) is 25.0. The average Bonchev–Trinajstić information content (AvgIpc) is 3.32. The van der Waals surface area contributed by atoms with Crippen LogP contribution in [0.2, 0.25) is 0 Å². The fourth-order valence-electron chi connectivity index (χ4n) is 7.17. The standard InChI is InChI=1S/C41H35ClO2/c1-2-20-41(21-23-44-40(43)19-22-42)38-26-34(32-13-11-28-7-3-5-9-30(28)24-32)15-17-36(38)37-18-16-35(27-39(37)41)33-14-12-29-8-4-6-10-31(29)25-33/h3-18,24-27H,2,19-23H2,1H3. The molecule has 218 valence electrons. The molecule has 0 radical (unpaired) electrons. The molecule has 0 fully saturated rings. The summed E-state index contributed by atoms with van der Waals surface area (Å²) in [5, 5.41) is 4.95. The number of carbonyl (C=O) groups is 1. The van der Waals surface area contributed by atoms with Crippen molar-refractivity contribution in [1.29, 1.82) is 0 Å². The predicted molar refractivity (Wildman–Crippen MR) is 184 cm³/mol. The summed E-state index contributed by atoms with van der Waals surface area (Å²) in [5.41, 5.74) is 9.74. The number of fused-ring (bicyclic) bond motifs is 5. The van der Waals surface area contributed by atoms with E-state index in [9.17, 15) is 4.79 Å². The monoisotopic (exact) mass is 594 g/mol. The Hall–Kier alpha value is -4.40. The van der Waals surface area contributed by atoms with Gasteiger partial charge < -0.3 is 4.74 Å². The molecular formula is C41H35ClO2. The Bertz CT molecular complexity index is 1880. The zero-order chi connectivity index (χ0) is 30.1. The van der Waals surface area contributed by atoms with Gasteiger partial charge in [-0.3, -0.25) is 4.79 Å². The van der Waals surface area contributed by atoms with Gasteiger partial charge in [-0.1, -0.05) is 110 Å². The molecule has 2 nitrogen and oxygen atoms in total. The second-order valence-corrected chi connectivity index (χ2v) is 12.3. The van der Waals surface area contributed by atoms with Gasteiger partial charge in [-0.2, -0.15) is 0 Å². The van der Waals surface area contributed by atoms with E-state index >= 15 is 0 Å². The molecule has 6 aromatic rings. The van der Waals surface area contributed by atoms with Gasteiger partial charge >= 0.3 is 5.97 Å². The number of esters is 1. The molecule has 0 amide bonds. The van der Waals surface area contributed by atoms with Gasteiger partial charge in [0, 0.05) is 11.3 Å². The lowest BCUT2D eigenvalue weighted by atomic mass is 9.71. The largest absolute Gasteiger partial charge is 0.466 e. The first-order chi connectivity index (χ1) is 21.6. The third kappa shape index (κ3) is 5.08. The molecule has 0 N–H and O–H groups in total. The quantitative estimate of drug-likeness (QED) is 0.123. The Labute approximate surface area is 264 Å². The Morgan fingerprint density at radius 1 is 0.614 bits per heavy atom. The fraction of sp³-hybridized carbons (Fsp3) is 0.195. The van der Waals surface area contributed by atoms with E-state index in [4.69, 9.17) is 16.3 Å². The highest BCUT2D eigenvalue weighted by Crippen LogP contribution is 2.55. The van der Waals surface area contributed by atoms with Crippen LogP contribution in [-0.2, 0) is 14.9 Å². The molecule has 0 saturated heterocycles. The van der Waals surface area contributed by atoms with Crippen molar-refractivity contribution in [2.75, 3.05) is 12.5 Å². The van der Waals surface area contributed by atoms with Gasteiger partial charge in [0.15, 0.2) is 0 Å². The first kappa shape index (κ1) is 28.4.